The monoisotopic (exact) mass is 399 g/mol. The molecular formula is C23H29NO5. The third kappa shape index (κ3) is 4.22. The summed E-state index contributed by atoms with van der Waals surface area (Å²) in [5.74, 6) is 0.189. The second-order valence-corrected chi connectivity index (χ2v) is 9.39. The molecule has 0 aliphatic heterocycles. The fourth-order valence-corrected chi connectivity index (χ4v) is 6.06. The normalized spacial score (nSPS) is 32.1. The van der Waals surface area contributed by atoms with Crippen LogP contribution >= 0.6 is 0 Å². The van der Waals surface area contributed by atoms with Crippen LogP contribution in [0.5, 0.6) is 0 Å². The Morgan fingerprint density at radius 3 is 2.34 bits per heavy atom. The number of esters is 1. The largest absolute Gasteiger partial charge is 0.457 e. The molecule has 4 atom stereocenters. The van der Waals surface area contributed by atoms with E-state index in [1.165, 1.54) is 6.92 Å². The summed E-state index contributed by atoms with van der Waals surface area (Å²) < 4.78 is 5.46. The molecule has 1 aromatic rings. The van der Waals surface area contributed by atoms with Gasteiger partial charge in [0.2, 0.25) is 5.91 Å². The van der Waals surface area contributed by atoms with Crippen LogP contribution in [-0.2, 0) is 20.7 Å². The highest BCUT2D eigenvalue weighted by Crippen LogP contribution is 2.61. The Morgan fingerprint density at radius 1 is 1.10 bits per heavy atom. The van der Waals surface area contributed by atoms with Crippen LogP contribution in [-0.4, -0.2) is 41.5 Å². The molecule has 4 bridgehead atoms. The van der Waals surface area contributed by atoms with E-state index in [4.69, 9.17) is 4.74 Å². The highest BCUT2D eigenvalue weighted by Gasteiger charge is 2.60. The van der Waals surface area contributed by atoms with Crippen LogP contribution in [0.1, 0.15) is 61.4 Å². The van der Waals surface area contributed by atoms with Crippen LogP contribution in [0.4, 0.5) is 0 Å². The van der Waals surface area contributed by atoms with E-state index in [0.717, 1.165) is 37.7 Å². The second-order valence-electron chi connectivity index (χ2n) is 9.39. The molecule has 2 N–H and O–H groups in total. The zero-order valence-electron chi connectivity index (χ0n) is 16.9. The van der Waals surface area contributed by atoms with Gasteiger partial charge in [0, 0.05) is 19.0 Å². The summed E-state index contributed by atoms with van der Waals surface area (Å²) in [4.78, 5) is 36.3. The van der Waals surface area contributed by atoms with Gasteiger partial charge in [0.05, 0.1) is 11.0 Å². The molecule has 4 fully saturated rings. The quantitative estimate of drug-likeness (QED) is 0.543. The Bertz CT molecular complexity index is 801. The zero-order chi connectivity index (χ0) is 20.6. The molecule has 5 rings (SSSR count). The Hall–Kier alpha value is -2.21. The maximum Gasteiger partial charge on any atom is 0.312 e. The molecule has 4 aliphatic rings. The number of rotatable bonds is 7. The van der Waals surface area contributed by atoms with Crippen molar-refractivity contribution in [2.75, 3.05) is 13.2 Å². The first kappa shape index (κ1) is 20.1. The van der Waals surface area contributed by atoms with Gasteiger partial charge in [0.1, 0.15) is 0 Å². The van der Waals surface area contributed by atoms with Gasteiger partial charge in [-0.15, -0.1) is 0 Å². The second kappa shape index (κ2) is 7.56. The van der Waals surface area contributed by atoms with E-state index in [0.29, 0.717) is 36.8 Å². The minimum atomic E-state index is -0.722. The third-order valence-corrected chi connectivity index (χ3v) is 6.86. The molecule has 0 aromatic heterocycles. The van der Waals surface area contributed by atoms with Crippen LogP contribution < -0.4 is 5.32 Å². The Balaban J connectivity index is 1.31. The van der Waals surface area contributed by atoms with Crippen molar-refractivity contribution in [2.24, 2.45) is 17.3 Å². The summed E-state index contributed by atoms with van der Waals surface area (Å²) in [5.41, 5.74) is 0.201. The molecule has 1 amide bonds. The topological polar surface area (TPSA) is 92.7 Å². The van der Waals surface area contributed by atoms with Crippen LogP contribution in [0.3, 0.4) is 0 Å². The smallest absolute Gasteiger partial charge is 0.312 e. The Kier molecular flexibility index (Phi) is 5.23. The summed E-state index contributed by atoms with van der Waals surface area (Å²) >= 11 is 0. The van der Waals surface area contributed by atoms with Crippen LogP contribution in [0, 0.1) is 17.3 Å². The molecule has 6 nitrogen and oxygen atoms in total. The van der Waals surface area contributed by atoms with Crippen LogP contribution in [0.2, 0.25) is 0 Å². The lowest BCUT2D eigenvalue weighted by Crippen LogP contribution is -2.58. The molecule has 0 saturated heterocycles. The van der Waals surface area contributed by atoms with E-state index < -0.39 is 11.0 Å². The van der Waals surface area contributed by atoms with Crippen molar-refractivity contribution in [1.82, 2.24) is 5.32 Å². The lowest BCUT2D eigenvalue weighted by Gasteiger charge is -2.58. The van der Waals surface area contributed by atoms with Gasteiger partial charge >= 0.3 is 5.97 Å². The van der Waals surface area contributed by atoms with E-state index in [1.807, 2.05) is 12.1 Å². The molecular weight excluding hydrogens is 370 g/mol. The van der Waals surface area contributed by atoms with Gasteiger partial charge in [-0.3, -0.25) is 14.4 Å². The molecule has 0 heterocycles. The van der Waals surface area contributed by atoms with Gasteiger partial charge in [0.25, 0.3) is 0 Å². The fraction of sp³-hybridized carbons (Fsp3) is 0.609. The number of ketones is 1. The Labute approximate surface area is 171 Å². The number of hydrogen-bond acceptors (Lipinski definition) is 5. The van der Waals surface area contributed by atoms with Gasteiger partial charge in [-0.25, -0.2) is 0 Å². The zero-order valence-corrected chi connectivity index (χ0v) is 16.9. The number of benzene rings is 1. The van der Waals surface area contributed by atoms with E-state index in [-0.39, 0.29) is 24.3 Å². The first-order valence-corrected chi connectivity index (χ1v) is 10.5. The van der Waals surface area contributed by atoms with Crippen LogP contribution in [0.25, 0.3) is 0 Å². The molecule has 156 valence electrons. The number of nitrogens with one attached hydrogen (secondary N) is 1. The molecule has 4 saturated carbocycles. The number of amides is 1. The van der Waals surface area contributed by atoms with Gasteiger partial charge in [0.15, 0.2) is 12.4 Å². The summed E-state index contributed by atoms with van der Waals surface area (Å²) in [7, 11) is 0. The minimum Gasteiger partial charge on any atom is -0.457 e. The molecule has 29 heavy (non-hydrogen) atoms. The minimum absolute atomic E-state index is 0.0650. The van der Waals surface area contributed by atoms with E-state index in [1.54, 1.807) is 12.1 Å². The van der Waals surface area contributed by atoms with Gasteiger partial charge in [-0.05, 0) is 62.3 Å². The number of hydrogen-bond donors (Lipinski definition) is 2. The fourth-order valence-electron chi connectivity index (χ4n) is 6.06. The predicted octanol–water partition coefficient (Wildman–Crippen LogP) is 2.42. The number of carbonyl (C=O) groups is 3. The summed E-state index contributed by atoms with van der Waals surface area (Å²) in [6.45, 7) is 1.77. The summed E-state index contributed by atoms with van der Waals surface area (Å²) in [5, 5.41) is 13.5. The average Bonchev–Trinajstić information content (AvgIpc) is 2.64. The average molecular weight is 399 g/mol. The van der Waals surface area contributed by atoms with Gasteiger partial charge in [-0.1, -0.05) is 24.3 Å². The van der Waals surface area contributed by atoms with Crippen molar-refractivity contribution in [3.8, 4) is 0 Å². The molecule has 0 spiro atoms. The number of Topliss-reactive ketones (excluding diaryl/α,β-unsaturated/α-hetero) is 1. The maximum absolute atomic E-state index is 12.9. The first-order valence-electron chi connectivity index (χ1n) is 10.5. The first-order chi connectivity index (χ1) is 13.8. The van der Waals surface area contributed by atoms with Crippen molar-refractivity contribution in [2.45, 2.75) is 57.5 Å². The lowest BCUT2D eigenvalue weighted by molar-refractivity contribution is -0.195. The van der Waals surface area contributed by atoms with Crippen molar-refractivity contribution in [3.05, 3.63) is 35.4 Å². The van der Waals surface area contributed by atoms with Crippen molar-refractivity contribution in [3.63, 3.8) is 0 Å². The number of ether oxygens (including phenoxy) is 1. The third-order valence-electron chi connectivity index (χ3n) is 6.86. The summed E-state index contributed by atoms with van der Waals surface area (Å²) in [6.07, 6.45) is 5.42. The molecule has 0 radical (unpaired) electrons. The van der Waals surface area contributed by atoms with Gasteiger partial charge < -0.3 is 15.2 Å². The molecule has 2 unspecified atom stereocenters. The summed E-state index contributed by atoms with van der Waals surface area (Å²) in [6, 6.07) is 7.16. The van der Waals surface area contributed by atoms with Gasteiger partial charge in [-0.2, -0.15) is 0 Å². The van der Waals surface area contributed by atoms with E-state index >= 15 is 0 Å². The Morgan fingerprint density at radius 2 is 1.76 bits per heavy atom. The van der Waals surface area contributed by atoms with E-state index in [9.17, 15) is 19.5 Å². The van der Waals surface area contributed by atoms with Crippen molar-refractivity contribution >= 4 is 17.7 Å². The maximum atomic E-state index is 12.9. The molecule has 1 aromatic carbocycles. The van der Waals surface area contributed by atoms with E-state index in [2.05, 4.69) is 5.32 Å². The lowest BCUT2D eigenvalue weighted by atomic mass is 9.48. The molecule has 4 aliphatic carbocycles. The number of carbonyl (C=O) groups excluding carboxylic acids is 3. The van der Waals surface area contributed by atoms with Crippen molar-refractivity contribution in [1.29, 1.82) is 0 Å². The predicted molar refractivity (Wildman–Crippen MR) is 106 cm³/mol. The van der Waals surface area contributed by atoms with Crippen LogP contribution in [0.15, 0.2) is 24.3 Å². The highest BCUT2D eigenvalue weighted by molar-refractivity contribution is 5.98. The SMILES string of the molecule is CC(=O)NCCc1ccc(C(=O)COC(=O)C23C[C@@H]4C[C@@H](CC(O)(C4)C2)C3)cc1. The number of aliphatic hydroxyl groups is 1. The van der Waals surface area contributed by atoms with Crippen molar-refractivity contribution < 1.29 is 24.2 Å². The molecule has 6 heteroatoms. The standard InChI is InChI=1S/C23H29NO5/c1-15(25)24-7-6-16-2-4-19(5-3-16)20(26)13-29-21(27)22-9-17-8-18(10-22)12-23(28,11-17)14-22/h2-5,17-18,28H,6-14H2,1H3,(H,24,25)/t17-,18+,22?,23?. The highest BCUT2D eigenvalue weighted by atomic mass is 16.5.